The van der Waals surface area contributed by atoms with E-state index in [4.69, 9.17) is 9.84 Å². The Balaban J connectivity index is 2.69. The topological polar surface area (TPSA) is 72.8 Å². The van der Waals surface area contributed by atoms with Crippen molar-refractivity contribution in [3.05, 3.63) is 12.0 Å². The van der Waals surface area contributed by atoms with Gasteiger partial charge in [-0.2, -0.15) is 0 Å². The summed E-state index contributed by atoms with van der Waals surface area (Å²) in [6.45, 7) is 3.06. The molecule has 0 bridgehead atoms. The zero-order chi connectivity index (χ0) is 9.35. The van der Waals surface area contributed by atoms with E-state index in [9.17, 15) is 9.59 Å². The Bertz CT molecular complexity index is 263. The third kappa shape index (κ3) is 1.55. The lowest BCUT2D eigenvalue weighted by Crippen LogP contribution is -2.28. The summed E-state index contributed by atoms with van der Waals surface area (Å²) in [5, 5.41) is 8.18. The highest BCUT2D eigenvalue weighted by atomic mass is 16.8. The van der Waals surface area contributed by atoms with Gasteiger partial charge in [-0.05, 0) is 13.8 Å². The van der Waals surface area contributed by atoms with Gasteiger partial charge in [-0.25, -0.2) is 4.79 Å². The van der Waals surface area contributed by atoms with Crippen molar-refractivity contribution >= 4 is 11.9 Å². The van der Waals surface area contributed by atoms with Gasteiger partial charge >= 0.3 is 6.16 Å². The van der Waals surface area contributed by atoms with E-state index in [0.29, 0.717) is 0 Å². The van der Waals surface area contributed by atoms with Crippen LogP contribution in [-0.2, 0) is 14.3 Å². The van der Waals surface area contributed by atoms with Crippen molar-refractivity contribution in [1.29, 1.82) is 0 Å². The van der Waals surface area contributed by atoms with E-state index in [2.05, 4.69) is 4.74 Å². The minimum atomic E-state index is -1.49. The van der Waals surface area contributed by atoms with Gasteiger partial charge in [0, 0.05) is 0 Å². The molecule has 0 aromatic carbocycles. The molecule has 0 saturated carbocycles. The summed E-state index contributed by atoms with van der Waals surface area (Å²) in [7, 11) is 0. The number of hydrogen-bond acceptors (Lipinski definition) is 4. The Labute approximate surface area is 68.6 Å². The third-order valence-corrected chi connectivity index (χ3v) is 1.39. The smallest absolute Gasteiger partial charge is 0.451 e. The maximum absolute atomic E-state index is 11.0. The zero-order valence-electron chi connectivity index (χ0n) is 6.66. The zero-order valence-corrected chi connectivity index (χ0v) is 6.66. The molecule has 1 heterocycles. The van der Waals surface area contributed by atoms with Crippen LogP contribution in [-0.4, -0.2) is 22.6 Å². The van der Waals surface area contributed by atoms with Crippen molar-refractivity contribution in [2.24, 2.45) is 0 Å². The van der Waals surface area contributed by atoms with Crippen molar-refractivity contribution in [3.8, 4) is 0 Å². The lowest BCUT2D eigenvalue weighted by molar-refractivity contribution is -0.129. The van der Waals surface area contributed by atoms with Crippen LogP contribution in [0.5, 0.6) is 0 Å². The summed E-state index contributed by atoms with van der Waals surface area (Å²) in [5.74, 6) is -0.573. The van der Waals surface area contributed by atoms with E-state index in [0.717, 1.165) is 6.08 Å². The molecule has 12 heavy (non-hydrogen) atoms. The summed E-state index contributed by atoms with van der Waals surface area (Å²) in [4.78, 5) is 21.0. The average molecular weight is 172 g/mol. The van der Waals surface area contributed by atoms with E-state index in [1.54, 1.807) is 0 Å². The van der Waals surface area contributed by atoms with Gasteiger partial charge in [-0.15, -0.1) is 0 Å². The Kier molecular flexibility index (Phi) is 1.79. The van der Waals surface area contributed by atoms with Crippen LogP contribution in [0.25, 0.3) is 0 Å². The lowest BCUT2D eigenvalue weighted by atomic mass is 10.1. The summed E-state index contributed by atoms with van der Waals surface area (Å²) in [6.07, 6.45) is -0.472. The van der Waals surface area contributed by atoms with Gasteiger partial charge in [0.15, 0.2) is 5.60 Å². The fourth-order valence-electron chi connectivity index (χ4n) is 0.748. The average Bonchev–Trinajstić information content (AvgIpc) is 2.04. The predicted octanol–water partition coefficient (Wildman–Crippen LogP) is 0.900. The van der Waals surface area contributed by atoms with Crippen molar-refractivity contribution < 1.29 is 24.2 Å². The van der Waals surface area contributed by atoms with E-state index in [-0.39, 0.29) is 11.7 Å². The molecule has 0 aliphatic carbocycles. The molecule has 1 rings (SSSR count). The highest BCUT2D eigenvalue weighted by Gasteiger charge is 2.36. The quantitative estimate of drug-likeness (QED) is 0.595. The maximum atomic E-state index is 11.0. The molecule has 0 aromatic rings. The minimum absolute atomic E-state index is 0.266. The minimum Gasteiger partial charge on any atom is -0.451 e. The normalized spacial score (nSPS) is 19.8. The van der Waals surface area contributed by atoms with Gasteiger partial charge in [-0.3, -0.25) is 4.79 Å². The van der Waals surface area contributed by atoms with Gasteiger partial charge in [-0.1, -0.05) is 0 Å². The molecule has 0 saturated heterocycles. The molecule has 0 unspecified atom stereocenters. The van der Waals surface area contributed by atoms with Crippen LogP contribution in [0, 0.1) is 0 Å². The predicted molar refractivity (Wildman–Crippen MR) is 37.4 cm³/mol. The molecule has 0 amide bonds. The van der Waals surface area contributed by atoms with E-state index < -0.39 is 11.8 Å². The number of carbonyl (C=O) groups excluding carboxylic acids is 1. The Morgan fingerprint density at radius 1 is 1.67 bits per heavy atom. The van der Waals surface area contributed by atoms with Crippen LogP contribution in [0.1, 0.15) is 13.8 Å². The fraction of sp³-hybridized carbons (Fsp3) is 0.429. The van der Waals surface area contributed by atoms with Crippen LogP contribution < -0.4 is 0 Å². The van der Waals surface area contributed by atoms with Crippen LogP contribution >= 0.6 is 0 Å². The summed E-state index contributed by atoms with van der Waals surface area (Å²) in [6, 6.07) is 0. The second-order valence-corrected chi connectivity index (χ2v) is 2.81. The van der Waals surface area contributed by atoms with Gasteiger partial charge < -0.3 is 14.6 Å². The Hall–Kier alpha value is -1.52. The first-order valence-corrected chi connectivity index (χ1v) is 3.28. The Morgan fingerprint density at radius 3 is 2.58 bits per heavy atom. The maximum Gasteiger partial charge on any atom is 0.513 e. The standard InChI is InChI=1S/C7H8O5/c1-7(2)4(8)3-5(12-7)11-6(9)10/h3H,1-2H3,(H,9,10). The molecule has 1 aliphatic rings. The number of rotatable bonds is 1. The SMILES string of the molecule is CC1(C)OC(OC(=O)O)=CC1=O. The van der Waals surface area contributed by atoms with E-state index in [1.165, 1.54) is 13.8 Å². The molecule has 5 nitrogen and oxygen atoms in total. The molecular formula is C7H8O5. The second kappa shape index (κ2) is 2.51. The molecule has 0 fully saturated rings. The van der Waals surface area contributed by atoms with Crippen molar-refractivity contribution in [2.45, 2.75) is 19.4 Å². The summed E-state index contributed by atoms with van der Waals surface area (Å²) in [5.41, 5.74) is -1.01. The van der Waals surface area contributed by atoms with Gasteiger partial charge in [0.2, 0.25) is 5.78 Å². The summed E-state index contributed by atoms with van der Waals surface area (Å²) < 4.78 is 9.03. The van der Waals surface area contributed by atoms with E-state index >= 15 is 0 Å². The van der Waals surface area contributed by atoms with Crippen LogP contribution in [0.2, 0.25) is 0 Å². The van der Waals surface area contributed by atoms with Gasteiger partial charge in [0.05, 0.1) is 6.08 Å². The van der Waals surface area contributed by atoms with Crippen molar-refractivity contribution in [1.82, 2.24) is 0 Å². The van der Waals surface area contributed by atoms with Crippen LogP contribution in [0.3, 0.4) is 0 Å². The first-order valence-electron chi connectivity index (χ1n) is 3.28. The van der Waals surface area contributed by atoms with Gasteiger partial charge in [0.25, 0.3) is 5.95 Å². The second-order valence-electron chi connectivity index (χ2n) is 2.81. The molecule has 0 atom stereocenters. The molecule has 0 radical (unpaired) electrons. The van der Waals surface area contributed by atoms with Crippen LogP contribution in [0.4, 0.5) is 4.79 Å². The van der Waals surface area contributed by atoms with Crippen molar-refractivity contribution in [2.75, 3.05) is 0 Å². The van der Waals surface area contributed by atoms with E-state index in [1.807, 2.05) is 0 Å². The first-order chi connectivity index (χ1) is 5.42. The summed E-state index contributed by atoms with van der Waals surface area (Å²) >= 11 is 0. The molecule has 1 aliphatic heterocycles. The molecule has 1 N–H and O–H groups in total. The number of carboxylic acid groups (broad SMARTS) is 1. The largest absolute Gasteiger partial charge is 0.513 e. The first kappa shape index (κ1) is 8.58. The lowest BCUT2D eigenvalue weighted by Gasteiger charge is -2.16. The molecule has 5 heteroatoms. The molecule has 0 spiro atoms. The number of hydrogen-bond donors (Lipinski definition) is 1. The number of ketones is 1. The highest BCUT2D eigenvalue weighted by Crippen LogP contribution is 2.24. The third-order valence-electron chi connectivity index (χ3n) is 1.39. The highest BCUT2D eigenvalue weighted by molar-refractivity contribution is 5.98. The Morgan fingerprint density at radius 2 is 2.25 bits per heavy atom. The van der Waals surface area contributed by atoms with Crippen molar-refractivity contribution in [3.63, 3.8) is 0 Å². The van der Waals surface area contributed by atoms with Gasteiger partial charge in [0.1, 0.15) is 0 Å². The molecular weight excluding hydrogens is 164 g/mol. The number of carbonyl (C=O) groups is 2. The van der Waals surface area contributed by atoms with Crippen LogP contribution in [0.15, 0.2) is 12.0 Å². The molecule has 0 aromatic heterocycles. The monoisotopic (exact) mass is 172 g/mol. The molecule has 66 valence electrons. The number of ether oxygens (including phenoxy) is 2. The fourth-order valence-corrected chi connectivity index (χ4v) is 0.748.